The summed E-state index contributed by atoms with van der Waals surface area (Å²) in [4.78, 5) is 0. The third kappa shape index (κ3) is 1.20. The van der Waals surface area contributed by atoms with Gasteiger partial charge in [-0.3, -0.25) is 0 Å². The summed E-state index contributed by atoms with van der Waals surface area (Å²) in [5.41, 5.74) is 1.66. The molecule has 1 aromatic rings. The first-order valence-electron chi connectivity index (χ1n) is 4.33. The summed E-state index contributed by atoms with van der Waals surface area (Å²) in [6.07, 6.45) is 0. The largest absolute Gasteiger partial charge is 0.491 e. The summed E-state index contributed by atoms with van der Waals surface area (Å²) in [6, 6.07) is 3.23. The van der Waals surface area contributed by atoms with Crippen LogP contribution in [-0.4, -0.2) is 13.7 Å². The number of hydrogen-bond donors (Lipinski definition) is 1. The standard InChI is InChI=1S/C10H12FNO/c1-6-3-4-7(11)9-8(12-2)5-13-10(6)9/h3-4,8,12H,5H2,1-2H3. The Morgan fingerprint density at radius 2 is 2.31 bits per heavy atom. The second-order valence-electron chi connectivity index (χ2n) is 3.26. The van der Waals surface area contributed by atoms with E-state index >= 15 is 0 Å². The third-order valence-corrected chi connectivity index (χ3v) is 2.43. The molecule has 1 aliphatic rings. The van der Waals surface area contributed by atoms with Gasteiger partial charge < -0.3 is 10.1 Å². The highest BCUT2D eigenvalue weighted by atomic mass is 19.1. The SMILES string of the molecule is CNC1COc2c(C)ccc(F)c21. The van der Waals surface area contributed by atoms with Gasteiger partial charge in [-0.25, -0.2) is 4.39 Å². The lowest BCUT2D eigenvalue weighted by atomic mass is 10.1. The summed E-state index contributed by atoms with van der Waals surface area (Å²) in [5, 5.41) is 3.02. The van der Waals surface area contributed by atoms with E-state index in [2.05, 4.69) is 5.32 Å². The van der Waals surface area contributed by atoms with E-state index in [1.807, 2.05) is 14.0 Å². The van der Waals surface area contributed by atoms with Gasteiger partial charge >= 0.3 is 0 Å². The third-order valence-electron chi connectivity index (χ3n) is 2.43. The van der Waals surface area contributed by atoms with Crippen LogP contribution in [0.5, 0.6) is 5.75 Å². The molecular weight excluding hydrogens is 169 g/mol. The van der Waals surface area contributed by atoms with Gasteiger partial charge in [-0.2, -0.15) is 0 Å². The predicted molar refractivity (Wildman–Crippen MR) is 48.4 cm³/mol. The number of aryl methyl sites for hydroxylation is 1. The van der Waals surface area contributed by atoms with E-state index in [0.29, 0.717) is 17.9 Å². The number of hydrogen-bond acceptors (Lipinski definition) is 2. The van der Waals surface area contributed by atoms with Gasteiger partial charge in [-0.15, -0.1) is 0 Å². The lowest BCUT2D eigenvalue weighted by Gasteiger charge is -2.07. The average molecular weight is 181 g/mol. The van der Waals surface area contributed by atoms with Gasteiger partial charge in [0, 0.05) is 0 Å². The maximum Gasteiger partial charge on any atom is 0.131 e. The molecule has 1 aliphatic heterocycles. The molecule has 3 heteroatoms. The van der Waals surface area contributed by atoms with Gasteiger partial charge in [0.25, 0.3) is 0 Å². The van der Waals surface area contributed by atoms with Crippen molar-refractivity contribution < 1.29 is 9.13 Å². The molecule has 0 aromatic heterocycles. The molecule has 1 heterocycles. The molecule has 13 heavy (non-hydrogen) atoms. The van der Waals surface area contributed by atoms with E-state index in [4.69, 9.17) is 4.74 Å². The molecule has 2 rings (SSSR count). The van der Waals surface area contributed by atoms with Crippen LogP contribution in [0.2, 0.25) is 0 Å². The molecule has 0 fully saturated rings. The summed E-state index contributed by atoms with van der Waals surface area (Å²) in [6.45, 7) is 2.45. The molecule has 70 valence electrons. The lowest BCUT2D eigenvalue weighted by Crippen LogP contribution is -2.18. The summed E-state index contributed by atoms with van der Waals surface area (Å²) < 4.78 is 18.8. The van der Waals surface area contributed by atoms with E-state index in [1.54, 1.807) is 6.07 Å². The highest BCUT2D eigenvalue weighted by molar-refractivity contribution is 5.46. The van der Waals surface area contributed by atoms with Crippen LogP contribution in [0.3, 0.4) is 0 Å². The van der Waals surface area contributed by atoms with Gasteiger partial charge in [0.15, 0.2) is 0 Å². The predicted octanol–water partition coefficient (Wildman–Crippen LogP) is 1.79. The van der Waals surface area contributed by atoms with Crippen molar-refractivity contribution in [3.8, 4) is 5.75 Å². The fourth-order valence-corrected chi connectivity index (χ4v) is 1.68. The minimum absolute atomic E-state index is 0.00472. The molecule has 0 saturated carbocycles. The molecule has 0 aliphatic carbocycles. The molecule has 2 nitrogen and oxygen atoms in total. The molecule has 1 unspecified atom stereocenters. The smallest absolute Gasteiger partial charge is 0.131 e. The Kier molecular flexibility index (Phi) is 1.96. The van der Waals surface area contributed by atoms with Crippen molar-refractivity contribution in [1.29, 1.82) is 0 Å². The van der Waals surface area contributed by atoms with Crippen molar-refractivity contribution in [2.24, 2.45) is 0 Å². The van der Waals surface area contributed by atoms with Gasteiger partial charge in [0.05, 0.1) is 11.6 Å². The van der Waals surface area contributed by atoms with Crippen molar-refractivity contribution >= 4 is 0 Å². The van der Waals surface area contributed by atoms with Crippen molar-refractivity contribution in [3.63, 3.8) is 0 Å². The number of halogens is 1. The number of benzene rings is 1. The minimum Gasteiger partial charge on any atom is -0.491 e. The van der Waals surface area contributed by atoms with Gasteiger partial charge in [-0.1, -0.05) is 6.07 Å². The Morgan fingerprint density at radius 3 is 3.00 bits per heavy atom. The zero-order valence-electron chi connectivity index (χ0n) is 7.73. The Balaban J connectivity index is 2.55. The molecule has 0 radical (unpaired) electrons. The summed E-state index contributed by atoms with van der Waals surface area (Å²) >= 11 is 0. The molecule has 0 amide bonds. The summed E-state index contributed by atoms with van der Waals surface area (Å²) in [5.74, 6) is 0.525. The van der Waals surface area contributed by atoms with Crippen LogP contribution in [0.25, 0.3) is 0 Å². The van der Waals surface area contributed by atoms with E-state index in [-0.39, 0.29) is 11.9 Å². The topological polar surface area (TPSA) is 21.3 Å². The van der Waals surface area contributed by atoms with Crippen LogP contribution >= 0.6 is 0 Å². The van der Waals surface area contributed by atoms with Crippen LogP contribution in [0.4, 0.5) is 4.39 Å². The van der Waals surface area contributed by atoms with Crippen LogP contribution in [-0.2, 0) is 0 Å². The van der Waals surface area contributed by atoms with Crippen LogP contribution < -0.4 is 10.1 Å². The monoisotopic (exact) mass is 181 g/mol. The second-order valence-corrected chi connectivity index (χ2v) is 3.26. The Hall–Kier alpha value is -1.09. The van der Waals surface area contributed by atoms with E-state index in [1.165, 1.54) is 6.07 Å². The second kappa shape index (κ2) is 3.00. The van der Waals surface area contributed by atoms with Crippen molar-refractivity contribution in [3.05, 3.63) is 29.1 Å². The zero-order chi connectivity index (χ0) is 9.42. The molecular formula is C10H12FNO. The van der Waals surface area contributed by atoms with E-state index in [9.17, 15) is 4.39 Å². The lowest BCUT2D eigenvalue weighted by molar-refractivity contribution is 0.316. The Labute approximate surface area is 76.7 Å². The zero-order valence-corrected chi connectivity index (χ0v) is 7.73. The van der Waals surface area contributed by atoms with Crippen molar-refractivity contribution in [1.82, 2.24) is 5.32 Å². The number of ether oxygens (including phenoxy) is 1. The molecule has 1 N–H and O–H groups in total. The highest BCUT2D eigenvalue weighted by Crippen LogP contribution is 2.36. The first kappa shape index (κ1) is 8.51. The fraction of sp³-hybridized carbons (Fsp3) is 0.400. The molecule has 0 bridgehead atoms. The van der Waals surface area contributed by atoms with Crippen LogP contribution in [0, 0.1) is 12.7 Å². The first-order chi connectivity index (χ1) is 6.24. The first-order valence-corrected chi connectivity index (χ1v) is 4.33. The highest BCUT2D eigenvalue weighted by Gasteiger charge is 2.27. The maximum absolute atomic E-state index is 13.4. The number of nitrogens with one attached hydrogen (secondary N) is 1. The van der Waals surface area contributed by atoms with Crippen LogP contribution in [0.1, 0.15) is 17.2 Å². The van der Waals surface area contributed by atoms with Gasteiger partial charge in [0.1, 0.15) is 18.2 Å². The molecule has 1 atom stereocenters. The number of rotatable bonds is 1. The maximum atomic E-state index is 13.4. The summed E-state index contributed by atoms with van der Waals surface area (Å²) in [7, 11) is 1.81. The quantitative estimate of drug-likeness (QED) is 0.713. The average Bonchev–Trinajstić information content (AvgIpc) is 2.56. The van der Waals surface area contributed by atoms with E-state index < -0.39 is 0 Å². The van der Waals surface area contributed by atoms with Crippen molar-refractivity contribution in [2.75, 3.05) is 13.7 Å². The number of likely N-dealkylation sites (N-methyl/N-ethyl adjacent to an activating group) is 1. The molecule has 0 spiro atoms. The fourth-order valence-electron chi connectivity index (χ4n) is 1.68. The Morgan fingerprint density at radius 1 is 1.54 bits per heavy atom. The van der Waals surface area contributed by atoms with Crippen molar-refractivity contribution in [2.45, 2.75) is 13.0 Å². The van der Waals surface area contributed by atoms with Crippen LogP contribution in [0.15, 0.2) is 12.1 Å². The normalized spacial score (nSPS) is 19.8. The van der Waals surface area contributed by atoms with Gasteiger partial charge in [-0.05, 0) is 25.6 Å². The molecule has 0 saturated heterocycles. The van der Waals surface area contributed by atoms with E-state index in [0.717, 1.165) is 5.56 Å². The Bertz CT molecular complexity index is 338. The molecule has 1 aromatic carbocycles. The minimum atomic E-state index is -0.183. The van der Waals surface area contributed by atoms with Gasteiger partial charge in [0.2, 0.25) is 0 Å². The number of fused-ring (bicyclic) bond motifs is 1.